The van der Waals surface area contributed by atoms with Crippen LogP contribution in [0.3, 0.4) is 0 Å². The summed E-state index contributed by atoms with van der Waals surface area (Å²) < 4.78 is 43.3. The van der Waals surface area contributed by atoms with Crippen LogP contribution in [-0.2, 0) is 60.9 Å². The number of nitrogens with zero attached hydrogens (tertiary/aromatic N) is 1. The minimum absolute atomic E-state index is 0.00170. The zero-order valence-corrected chi connectivity index (χ0v) is 35.1. The summed E-state index contributed by atoms with van der Waals surface area (Å²) in [5.41, 5.74) is 6.62. The normalized spacial score (nSPS) is 18.5. The van der Waals surface area contributed by atoms with Crippen molar-refractivity contribution in [2.45, 2.75) is 49.2 Å². The number of H-pyrrole nitrogens is 2. The number of ether oxygens (including phenoxy) is 3. The highest BCUT2D eigenvalue weighted by Gasteiger charge is 2.60. The number of esters is 2. The zero-order chi connectivity index (χ0) is 44.0. The number of aromatic nitrogens is 2. The van der Waals surface area contributed by atoms with Crippen LogP contribution in [0, 0.1) is 0 Å². The number of aromatic amines is 2. The van der Waals surface area contributed by atoms with Crippen LogP contribution in [0.2, 0.25) is 0 Å². The molecule has 3 amide bonds. The predicted molar refractivity (Wildman–Crippen MR) is 231 cm³/mol. The molecule has 3 aliphatic rings. The van der Waals surface area contributed by atoms with Crippen LogP contribution in [0.5, 0.6) is 0 Å². The van der Waals surface area contributed by atoms with E-state index in [0.717, 1.165) is 61.4 Å². The van der Waals surface area contributed by atoms with Gasteiger partial charge in [-0.2, -0.15) is 0 Å². The van der Waals surface area contributed by atoms with E-state index in [2.05, 4.69) is 20.6 Å². The van der Waals surface area contributed by atoms with Gasteiger partial charge in [-0.1, -0.05) is 84.9 Å². The van der Waals surface area contributed by atoms with E-state index < -0.39 is 75.4 Å². The molecule has 63 heavy (non-hydrogen) atoms. The Kier molecular flexibility index (Phi) is 10.9. The Morgan fingerprint density at radius 2 is 1.32 bits per heavy atom. The van der Waals surface area contributed by atoms with E-state index in [0.29, 0.717) is 5.56 Å². The van der Waals surface area contributed by atoms with Crippen LogP contribution in [0.4, 0.5) is 0 Å². The minimum atomic E-state index is -4.09. The average Bonchev–Trinajstić information content (AvgIpc) is 3.98. The van der Waals surface area contributed by atoms with E-state index in [1.807, 2.05) is 97.1 Å². The molecular weight excluding hydrogens is 827 g/mol. The van der Waals surface area contributed by atoms with E-state index in [9.17, 15) is 32.4 Å². The van der Waals surface area contributed by atoms with Crippen LogP contribution < -0.4 is 10.6 Å². The maximum atomic E-state index is 14.8. The molecular formula is C47H43N5O10S. The Morgan fingerprint density at radius 3 is 1.90 bits per heavy atom. The second-order valence-corrected chi connectivity index (χ2v) is 18.0. The molecule has 0 saturated carbocycles. The Balaban J connectivity index is 1.05. The number of hydrogen-bond acceptors (Lipinski definition) is 10. The number of benzene rings is 4. The number of methoxy groups -OCH3 is 1. The summed E-state index contributed by atoms with van der Waals surface area (Å²) in [5, 5.41) is 5.75. The highest BCUT2D eigenvalue weighted by molar-refractivity contribution is 7.92. The summed E-state index contributed by atoms with van der Waals surface area (Å²) in [7, 11) is -2.90. The summed E-state index contributed by atoms with van der Waals surface area (Å²) >= 11 is 0. The first-order valence-electron chi connectivity index (χ1n) is 20.4. The van der Waals surface area contributed by atoms with Gasteiger partial charge in [-0.05, 0) is 45.5 Å². The van der Waals surface area contributed by atoms with Gasteiger partial charge in [0.15, 0.2) is 21.3 Å². The second-order valence-electron chi connectivity index (χ2n) is 15.9. The number of para-hydroxylation sites is 2. The SMILES string of the molecule is CO[C@H]1C(=O)N2C(C(=O)N[C@@H](Cc3c[nH]c4ccccc34)C(=O)N[C@@H](Cc3c[nH]c4ccccc34)C(=O)OCC3c4ccccc4-c4ccccc43)=C(COC(C)=O)CS(=O)(=O)[C@H]12. The van der Waals surface area contributed by atoms with Crippen molar-refractivity contribution >= 4 is 61.3 Å². The lowest BCUT2D eigenvalue weighted by Gasteiger charge is -2.48. The predicted octanol–water partition coefficient (Wildman–Crippen LogP) is 4.19. The molecule has 1 saturated heterocycles. The standard InChI is InChI=1S/C47H43N5O10S/c1-26(53)61-23-29-25-63(58,59)46-42(60-2)45(56)52(46)41(29)44(55)50-39(19-27-21-48-37-17-9-7-11-30(27)37)43(54)51-40(20-28-22-49-38-18-10-8-12-31(28)38)47(57)62-24-36-34-15-5-3-13-32(34)33-14-4-6-16-35(33)36/h3-18,21-22,36,39-40,42,46,48-49H,19-20,23-25H2,1-2H3,(H,50,55)(H,51,54)/t39-,40-,42-,46+/m0/s1. The fourth-order valence-corrected chi connectivity index (χ4v) is 11.0. The lowest BCUT2D eigenvalue weighted by molar-refractivity contribution is -0.161. The van der Waals surface area contributed by atoms with Gasteiger partial charge in [0.1, 0.15) is 31.0 Å². The van der Waals surface area contributed by atoms with E-state index in [1.165, 1.54) is 7.11 Å². The van der Waals surface area contributed by atoms with Gasteiger partial charge in [-0.3, -0.25) is 24.1 Å². The topological polar surface area (TPSA) is 206 Å². The lowest BCUT2D eigenvalue weighted by atomic mass is 9.98. The lowest BCUT2D eigenvalue weighted by Crippen LogP contribution is -2.71. The Bertz CT molecular complexity index is 2930. The molecule has 0 bridgehead atoms. The number of nitrogens with one attached hydrogen (secondary N) is 4. The number of carbonyl (C=O) groups excluding carboxylic acids is 5. The Hall–Kier alpha value is -7.04. The first-order valence-corrected chi connectivity index (χ1v) is 22.1. The maximum absolute atomic E-state index is 14.8. The van der Waals surface area contributed by atoms with Crippen molar-refractivity contribution in [1.29, 1.82) is 0 Å². The van der Waals surface area contributed by atoms with Crippen molar-refractivity contribution < 1.29 is 46.6 Å². The van der Waals surface area contributed by atoms with Gasteiger partial charge in [0.2, 0.25) is 5.91 Å². The number of amides is 3. The molecule has 0 unspecified atom stereocenters. The molecule has 1 aliphatic carbocycles. The highest BCUT2D eigenvalue weighted by Crippen LogP contribution is 2.44. The second kappa shape index (κ2) is 16.7. The van der Waals surface area contributed by atoms with Crippen LogP contribution in [-0.4, -0.2) is 103 Å². The molecule has 4 aromatic carbocycles. The molecule has 322 valence electrons. The molecule has 16 heteroatoms. The minimum Gasteiger partial charge on any atom is -0.463 e. The number of fused-ring (bicyclic) bond motifs is 6. The van der Waals surface area contributed by atoms with Crippen LogP contribution in [0.1, 0.15) is 35.1 Å². The third kappa shape index (κ3) is 7.65. The number of hydrogen-bond donors (Lipinski definition) is 4. The van der Waals surface area contributed by atoms with Crippen LogP contribution >= 0.6 is 0 Å². The zero-order valence-electron chi connectivity index (χ0n) is 34.3. The van der Waals surface area contributed by atoms with Crippen molar-refractivity contribution in [2.24, 2.45) is 0 Å². The summed E-state index contributed by atoms with van der Waals surface area (Å²) in [6.45, 7) is 0.526. The fourth-order valence-electron chi connectivity index (χ4n) is 9.02. The van der Waals surface area contributed by atoms with E-state index >= 15 is 0 Å². The van der Waals surface area contributed by atoms with Crippen molar-refractivity contribution in [3.63, 3.8) is 0 Å². The highest BCUT2D eigenvalue weighted by atomic mass is 32.2. The van der Waals surface area contributed by atoms with Gasteiger partial charge in [0.05, 0.1) is 5.75 Å². The van der Waals surface area contributed by atoms with Gasteiger partial charge in [0.25, 0.3) is 11.8 Å². The first-order chi connectivity index (χ1) is 30.4. The van der Waals surface area contributed by atoms with E-state index in [-0.39, 0.29) is 36.6 Å². The maximum Gasteiger partial charge on any atom is 0.329 e. The summed E-state index contributed by atoms with van der Waals surface area (Å²) in [6, 6.07) is 28.2. The molecule has 2 aromatic heterocycles. The molecule has 6 aromatic rings. The smallest absolute Gasteiger partial charge is 0.329 e. The fraction of sp³-hybridized carbons (Fsp3) is 0.255. The summed E-state index contributed by atoms with van der Waals surface area (Å²) in [6.07, 6.45) is 2.06. The third-order valence-electron chi connectivity index (χ3n) is 12.0. The molecule has 1 fully saturated rings. The van der Waals surface area contributed by atoms with E-state index in [4.69, 9.17) is 14.2 Å². The summed E-state index contributed by atoms with van der Waals surface area (Å²) in [5.74, 6) is -4.89. The van der Waals surface area contributed by atoms with Crippen molar-refractivity contribution in [2.75, 3.05) is 26.1 Å². The van der Waals surface area contributed by atoms with Gasteiger partial charge in [-0.25, -0.2) is 13.2 Å². The third-order valence-corrected chi connectivity index (χ3v) is 14.0. The first kappa shape index (κ1) is 41.3. The molecule has 4 N–H and O–H groups in total. The van der Waals surface area contributed by atoms with Gasteiger partial charge >= 0.3 is 11.9 Å². The molecule has 0 radical (unpaired) electrons. The largest absolute Gasteiger partial charge is 0.463 e. The monoisotopic (exact) mass is 869 g/mol. The molecule has 4 heterocycles. The Labute approximate surface area is 361 Å². The Morgan fingerprint density at radius 1 is 0.762 bits per heavy atom. The van der Waals surface area contributed by atoms with Gasteiger partial charge in [-0.15, -0.1) is 0 Å². The summed E-state index contributed by atoms with van der Waals surface area (Å²) in [4.78, 5) is 76.3. The number of rotatable bonds is 14. The molecule has 0 spiro atoms. The van der Waals surface area contributed by atoms with Crippen molar-refractivity contribution in [3.05, 3.63) is 143 Å². The average molecular weight is 870 g/mol. The number of sulfone groups is 1. The number of β-lactam (4-membered cyclic amide) rings is 1. The van der Waals surface area contributed by atoms with Crippen LogP contribution in [0.15, 0.2) is 121 Å². The van der Waals surface area contributed by atoms with Crippen molar-refractivity contribution in [3.8, 4) is 11.1 Å². The molecule has 2 aliphatic heterocycles. The molecule has 15 nitrogen and oxygen atoms in total. The van der Waals surface area contributed by atoms with Crippen molar-refractivity contribution in [1.82, 2.24) is 25.5 Å². The van der Waals surface area contributed by atoms with Gasteiger partial charge in [0, 0.05) is 72.6 Å². The molecule has 4 atom stereocenters. The van der Waals surface area contributed by atoms with Gasteiger partial charge < -0.3 is 34.8 Å². The van der Waals surface area contributed by atoms with Crippen LogP contribution in [0.25, 0.3) is 32.9 Å². The van der Waals surface area contributed by atoms with E-state index in [1.54, 1.807) is 12.4 Å². The quantitative estimate of drug-likeness (QED) is 0.0908. The number of carbonyl (C=O) groups is 5. The molecule has 9 rings (SSSR count).